The largest absolute Gasteiger partial charge is 0.324 e. The number of fused-ring (bicyclic) bond motifs is 1. The summed E-state index contributed by atoms with van der Waals surface area (Å²) in [7, 11) is 0. The summed E-state index contributed by atoms with van der Waals surface area (Å²) in [6, 6.07) is 20.4. The molecule has 31 heavy (non-hydrogen) atoms. The van der Waals surface area contributed by atoms with E-state index in [1.54, 1.807) is 13.0 Å². The second kappa shape index (κ2) is 8.19. The topological polar surface area (TPSA) is 64.0 Å². The van der Waals surface area contributed by atoms with Gasteiger partial charge in [-0.15, -0.1) is 0 Å². The number of aromatic nitrogens is 2. The van der Waals surface area contributed by atoms with Gasteiger partial charge < -0.3 is 5.32 Å². The second-order valence-electron chi connectivity index (χ2n) is 8.00. The van der Waals surface area contributed by atoms with Gasteiger partial charge in [-0.05, 0) is 63.1 Å². The van der Waals surface area contributed by atoms with Crippen LogP contribution in [0.5, 0.6) is 0 Å². The van der Waals surface area contributed by atoms with Gasteiger partial charge in [0.05, 0.1) is 11.1 Å². The first-order valence-corrected chi connectivity index (χ1v) is 10.3. The SMILES string of the molecule is Cc1cccc(NC(=O)[C@H](C)n2nc(-c3cc(C)ccc3C)c3ccccc3c2=O)c1. The first kappa shape index (κ1) is 20.5. The summed E-state index contributed by atoms with van der Waals surface area (Å²) in [5.41, 5.74) is 5.28. The maximum Gasteiger partial charge on any atom is 0.275 e. The summed E-state index contributed by atoms with van der Waals surface area (Å²) < 4.78 is 1.30. The number of carbonyl (C=O) groups is 1. The summed E-state index contributed by atoms with van der Waals surface area (Å²) in [5, 5.41) is 8.92. The van der Waals surface area contributed by atoms with E-state index < -0.39 is 6.04 Å². The van der Waals surface area contributed by atoms with E-state index in [4.69, 9.17) is 5.10 Å². The molecule has 0 unspecified atom stereocenters. The Morgan fingerprint density at radius 2 is 1.61 bits per heavy atom. The van der Waals surface area contributed by atoms with Crippen LogP contribution in [0.3, 0.4) is 0 Å². The molecule has 5 heteroatoms. The zero-order valence-corrected chi connectivity index (χ0v) is 18.1. The third-order valence-electron chi connectivity index (χ3n) is 5.51. The van der Waals surface area contributed by atoms with Crippen molar-refractivity contribution in [3.05, 3.63) is 93.8 Å². The molecule has 156 valence electrons. The fraction of sp³-hybridized carbons (Fsp3) is 0.192. The van der Waals surface area contributed by atoms with Crippen LogP contribution in [0.4, 0.5) is 5.69 Å². The van der Waals surface area contributed by atoms with E-state index in [-0.39, 0.29) is 11.5 Å². The van der Waals surface area contributed by atoms with Gasteiger partial charge >= 0.3 is 0 Å². The summed E-state index contributed by atoms with van der Waals surface area (Å²) in [6.45, 7) is 7.71. The maximum atomic E-state index is 13.2. The summed E-state index contributed by atoms with van der Waals surface area (Å²) >= 11 is 0. The van der Waals surface area contributed by atoms with Crippen molar-refractivity contribution in [3.63, 3.8) is 0 Å². The predicted molar refractivity (Wildman–Crippen MR) is 125 cm³/mol. The Labute approximate surface area is 181 Å². The Kier molecular flexibility index (Phi) is 5.42. The minimum atomic E-state index is -0.776. The van der Waals surface area contributed by atoms with Crippen molar-refractivity contribution >= 4 is 22.4 Å². The maximum absolute atomic E-state index is 13.2. The fourth-order valence-corrected chi connectivity index (χ4v) is 3.74. The smallest absolute Gasteiger partial charge is 0.275 e. The van der Waals surface area contributed by atoms with E-state index in [2.05, 4.69) is 17.4 Å². The molecule has 4 aromatic rings. The quantitative estimate of drug-likeness (QED) is 0.503. The third kappa shape index (κ3) is 3.99. The molecule has 0 saturated carbocycles. The van der Waals surface area contributed by atoms with E-state index in [9.17, 15) is 9.59 Å². The Morgan fingerprint density at radius 3 is 2.35 bits per heavy atom. The highest BCUT2D eigenvalue weighted by molar-refractivity contribution is 5.96. The third-order valence-corrected chi connectivity index (χ3v) is 5.51. The number of anilines is 1. The van der Waals surface area contributed by atoms with Gasteiger partial charge in [0.1, 0.15) is 6.04 Å². The zero-order valence-electron chi connectivity index (χ0n) is 18.1. The molecule has 1 amide bonds. The lowest BCUT2D eigenvalue weighted by molar-refractivity contribution is -0.119. The van der Waals surface area contributed by atoms with E-state index in [0.29, 0.717) is 16.8 Å². The molecule has 0 bridgehead atoms. The van der Waals surface area contributed by atoms with Crippen LogP contribution in [-0.4, -0.2) is 15.7 Å². The average molecular weight is 412 g/mol. The van der Waals surface area contributed by atoms with Crippen LogP contribution < -0.4 is 10.9 Å². The summed E-state index contributed by atoms with van der Waals surface area (Å²) in [4.78, 5) is 26.2. The number of hydrogen-bond donors (Lipinski definition) is 1. The minimum Gasteiger partial charge on any atom is -0.324 e. The van der Waals surface area contributed by atoms with Crippen molar-refractivity contribution in [2.24, 2.45) is 0 Å². The molecular formula is C26H25N3O2. The molecule has 4 rings (SSSR count). The van der Waals surface area contributed by atoms with Crippen molar-refractivity contribution in [2.75, 3.05) is 5.32 Å². The lowest BCUT2D eigenvalue weighted by atomic mass is 9.99. The van der Waals surface area contributed by atoms with E-state index in [1.165, 1.54) is 4.68 Å². The first-order chi connectivity index (χ1) is 14.8. The normalized spacial score (nSPS) is 12.0. The highest BCUT2D eigenvalue weighted by Crippen LogP contribution is 2.29. The molecule has 1 aromatic heterocycles. The van der Waals surface area contributed by atoms with E-state index in [0.717, 1.165) is 27.6 Å². The molecule has 1 atom stereocenters. The van der Waals surface area contributed by atoms with Gasteiger partial charge in [-0.25, -0.2) is 4.68 Å². The molecule has 0 spiro atoms. The van der Waals surface area contributed by atoms with Crippen molar-refractivity contribution in [2.45, 2.75) is 33.7 Å². The van der Waals surface area contributed by atoms with Crippen molar-refractivity contribution in [1.82, 2.24) is 9.78 Å². The fourth-order valence-electron chi connectivity index (χ4n) is 3.74. The van der Waals surface area contributed by atoms with Crippen LogP contribution in [0.2, 0.25) is 0 Å². The Morgan fingerprint density at radius 1 is 0.903 bits per heavy atom. The molecule has 0 saturated heterocycles. The molecule has 0 fully saturated rings. The predicted octanol–water partition coefficient (Wildman–Crippen LogP) is 5.19. The van der Waals surface area contributed by atoms with Gasteiger partial charge in [-0.3, -0.25) is 9.59 Å². The highest BCUT2D eigenvalue weighted by Gasteiger charge is 2.21. The highest BCUT2D eigenvalue weighted by atomic mass is 16.2. The molecule has 0 radical (unpaired) electrons. The van der Waals surface area contributed by atoms with Crippen LogP contribution in [-0.2, 0) is 4.79 Å². The molecule has 3 aromatic carbocycles. The lowest BCUT2D eigenvalue weighted by Crippen LogP contribution is -2.34. The van der Waals surface area contributed by atoms with Gasteiger partial charge in [-0.1, -0.05) is 48.0 Å². The van der Waals surface area contributed by atoms with E-state index >= 15 is 0 Å². The standard InChI is InChI=1S/C26H25N3O2/c1-16-8-7-9-20(14-16)27-25(30)19(4)29-26(31)22-11-6-5-10-21(22)24(28-29)23-15-17(2)12-13-18(23)3/h5-15,19H,1-4H3,(H,27,30)/t19-/m0/s1. The van der Waals surface area contributed by atoms with Gasteiger partial charge in [0.15, 0.2) is 0 Å². The molecule has 5 nitrogen and oxygen atoms in total. The number of rotatable bonds is 4. The van der Waals surface area contributed by atoms with Gasteiger partial charge in [0.25, 0.3) is 5.56 Å². The molecule has 0 aliphatic rings. The summed E-state index contributed by atoms with van der Waals surface area (Å²) in [6.07, 6.45) is 0. The average Bonchev–Trinajstić information content (AvgIpc) is 2.75. The molecule has 0 aliphatic carbocycles. The van der Waals surface area contributed by atoms with Gasteiger partial charge in [0.2, 0.25) is 5.91 Å². The molecule has 1 N–H and O–H groups in total. The Hall–Kier alpha value is -3.73. The zero-order chi connectivity index (χ0) is 22.1. The van der Waals surface area contributed by atoms with Crippen LogP contribution in [0.25, 0.3) is 22.0 Å². The van der Waals surface area contributed by atoms with Crippen molar-refractivity contribution in [1.29, 1.82) is 0 Å². The number of amides is 1. The number of aryl methyl sites for hydroxylation is 3. The van der Waals surface area contributed by atoms with Crippen molar-refractivity contribution < 1.29 is 4.79 Å². The number of nitrogens with one attached hydrogen (secondary N) is 1. The van der Waals surface area contributed by atoms with Gasteiger partial charge in [0, 0.05) is 16.6 Å². The number of hydrogen-bond acceptors (Lipinski definition) is 3. The summed E-state index contributed by atoms with van der Waals surface area (Å²) in [5.74, 6) is -0.289. The second-order valence-corrected chi connectivity index (χ2v) is 8.00. The molecule has 1 heterocycles. The molecule has 0 aliphatic heterocycles. The van der Waals surface area contributed by atoms with Gasteiger partial charge in [-0.2, -0.15) is 5.10 Å². The first-order valence-electron chi connectivity index (χ1n) is 10.3. The van der Waals surface area contributed by atoms with Crippen LogP contribution in [0, 0.1) is 20.8 Å². The van der Waals surface area contributed by atoms with Crippen LogP contribution >= 0.6 is 0 Å². The number of benzene rings is 3. The van der Waals surface area contributed by atoms with Crippen LogP contribution in [0.1, 0.15) is 29.7 Å². The Bertz CT molecular complexity index is 1350. The minimum absolute atomic E-state index is 0.281. The molecular weight excluding hydrogens is 386 g/mol. The lowest BCUT2D eigenvalue weighted by Gasteiger charge is -2.18. The van der Waals surface area contributed by atoms with Crippen molar-refractivity contribution in [3.8, 4) is 11.3 Å². The number of carbonyl (C=O) groups excluding carboxylic acids is 1. The van der Waals surface area contributed by atoms with Crippen LogP contribution in [0.15, 0.2) is 71.5 Å². The number of nitrogens with zero attached hydrogens (tertiary/aromatic N) is 2. The Balaban J connectivity index is 1.84. The van der Waals surface area contributed by atoms with E-state index in [1.807, 2.05) is 69.3 Å². The monoisotopic (exact) mass is 411 g/mol.